The van der Waals surface area contributed by atoms with Crippen LogP contribution in [-0.4, -0.2) is 5.78 Å². The van der Waals surface area contributed by atoms with Crippen molar-refractivity contribution in [1.29, 1.82) is 0 Å². The first-order chi connectivity index (χ1) is 13.0. The molecule has 0 aliphatic heterocycles. The molecule has 0 radical (unpaired) electrons. The van der Waals surface area contributed by atoms with Crippen molar-refractivity contribution >= 4 is 11.9 Å². The Morgan fingerprint density at radius 2 is 1.74 bits per heavy atom. The summed E-state index contributed by atoms with van der Waals surface area (Å²) in [6.45, 7) is 4.92. The van der Waals surface area contributed by atoms with E-state index in [0.717, 1.165) is 36.2 Å². The fourth-order valence-corrected chi connectivity index (χ4v) is 7.85. The van der Waals surface area contributed by atoms with Gasteiger partial charge in [0, 0.05) is 5.41 Å². The first kappa shape index (κ1) is 17.7. The Hall–Kier alpha value is -1.37. The number of carbonyl (C=O) groups excluding carboxylic acids is 1. The maximum absolute atomic E-state index is 13.4. The van der Waals surface area contributed by atoms with E-state index < -0.39 is 0 Å². The summed E-state index contributed by atoms with van der Waals surface area (Å²) < 4.78 is 0. The Labute approximate surface area is 164 Å². The van der Waals surface area contributed by atoms with Crippen molar-refractivity contribution in [2.45, 2.75) is 71.6 Å². The molecule has 4 aliphatic rings. The van der Waals surface area contributed by atoms with E-state index in [1.165, 1.54) is 50.5 Å². The average Bonchev–Trinajstić information content (AvgIpc) is 2.93. The average molecular weight is 363 g/mol. The van der Waals surface area contributed by atoms with Crippen LogP contribution in [0.2, 0.25) is 0 Å². The molecule has 1 nitrogen and oxygen atoms in total. The van der Waals surface area contributed by atoms with Crippen LogP contribution >= 0.6 is 0 Å². The third-order valence-electron chi connectivity index (χ3n) is 9.36. The molecule has 0 amide bonds. The van der Waals surface area contributed by atoms with Crippen LogP contribution in [0.4, 0.5) is 0 Å². The van der Waals surface area contributed by atoms with Crippen molar-refractivity contribution in [1.82, 2.24) is 0 Å². The van der Waals surface area contributed by atoms with Gasteiger partial charge in [0.25, 0.3) is 0 Å². The van der Waals surface area contributed by atoms with E-state index in [4.69, 9.17) is 0 Å². The van der Waals surface area contributed by atoms with E-state index in [1.807, 2.05) is 6.07 Å². The molecule has 4 aliphatic carbocycles. The van der Waals surface area contributed by atoms with Crippen molar-refractivity contribution in [3.05, 3.63) is 41.5 Å². The fourth-order valence-electron chi connectivity index (χ4n) is 7.85. The molecule has 0 saturated heterocycles. The molecule has 6 atom stereocenters. The number of Topliss-reactive ketones (excluding diaryl/α,β-unsaturated/α-hetero) is 1. The molecule has 1 heteroatoms. The van der Waals surface area contributed by atoms with Gasteiger partial charge in [0.15, 0.2) is 5.78 Å². The first-order valence-electron chi connectivity index (χ1n) is 11.3. The summed E-state index contributed by atoms with van der Waals surface area (Å²) in [6, 6.07) is 10.4. The lowest BCUT2D eigenvalue weighted by atomic mass is 9.45. The highest BCUT2D eigenvalue weighted by Crippen LogP contribution is 2.66. The third-order valence-corrected chi connectivity index (χ3v) is 9.36. The highest BCUT2D eigenvalue weighted by molar-refractivity contribution is 6.05. The van der Waals surface area contributed by atoms with Crippen LogP contribution in [0.25, 0.3) is 6.08 Å². The Balaban J connectivity index is 1.47. The standard InChI is InChI=1S/C26H34O/c1-25-14-7-6-10-20(25)11-12-21-22(25)13-15-26(2)23(21)17-19(24(26)27)16-18-8-4-3-5-9-18/h3-5,8-9,16,20-23H,6-7,10-15,17H2,1-2H3/t20-,21-,22-,23+,25-,26+/m0/s1. The van der Waals surface area contributed by atoms with Crippen LogP contribution in [0, 0.1) is 34.5 Å². The van der Waals surface area contributed by atoms with Gasteiger partial charge in [-0.15, -0.1) is 0 Å². The second-order valence-electron chi connectivity index (χ2n) is 10.5. The topological polar surface area (TPSA) is 17.1 Å². The monoisotopic (exact) mass is 362 g/mol. The summed E-state index contributed by atoms with van der Waals surface area (Å²) in [6.07, 6.45) is 14.2. The van der Waals surface area contributed by atoms with Gasteiger partial charge in [-0.3, -0.25) is 4.79 Å². The normalized spacial score (nSPS) is 45.3. The molecule has 1 aromatic carbocycles. The van der Waals surface area contributed by atoms with Gasteiger partial charge in [0.2, 0.25) is 0 Å². The smallest absolute Gasteiger partial charge is 0.165 e. The van der Waals surface area contributed by atoms with E-state index >= 15 is 0 Å². The second kappa shape index (κ2) is 6.33. The Morgan fingerprint density at radius 3 is 2.56 bits per heavy atom. The minimum Gasteiger partial charge on any atom is -0.294 e. The maximum Gasteiger partial charge on any atom is 0.165 e. The SMILES string of the molecule is C[C@]12CCCC[C@H]1CC[C@@H]1[C@H]3CC(=Cc4ccccc4)C(=O)[C@]3(C)CC[C@@H]12. The highest BCUT2D eigenvalue weighted by Gasteiger charge is 2.60. The Bertz CT molecular complexity index is 762. The molecule has 0 bridgehead atoms. The van der Waals surface area contributed by atoms with Crippen LogP contribution in [0.1, 0.15) is 77.2 Å². The van der Waals surface area contributed by atoms with Crippen molar-refractivity contribution in [2.24, 2.45) is 34.5 Å². The van der Waals surface area contributed by atoms with Crippen LogP contribution in [0.5, 0.6) is 0 Å². The summed E-state index contributed by atoms with van der Waals surface area (Å²) in [4.78, 5) is 13.4. The number of hydrogen-bond donors (Lipinski definition) is 0. The molecule has 144 valence electrons. The number of ketones is 1. The zero-order chi connectivity index (χ0) is 18.6. The molecule has 0 aromatic heterocycles. The van der Waals surface area contributed by atoms with Crippen molar-refractivity contribution in [3.63, 3.8) is 0 Å². The number of rotatable bonds is 1. The molecule has 5 rings (SSSR count). The lowest BCUT2D eigenvalue weighted by molar-refractivity contribution is -0.137. The van der Waals surface area contributed by atoms with E-state index in [2.05, 4.69) is 44.2 Å². The second-order valence-corrected chi connectivity index (χ2v) is 10.5. The van der Waals surface area contributed by atoms with Gasteiger partial charge in [-0.1, -0.05) is 57.0 Å². The number of benzene rings is 1. The van der Waals surface area contributed by atoms with Crippen molar-refractivity contribution in [3.8, 4) is 0 Å². The quantitative estimate of drug-likeness (QED) is 0.509. The van der Waals surface area contributed by atoms with E-state index in [9.17, 15) is 4.79 Å². The van der Waals surface area contributed by atoms with E-state index in [-0.39, 0.29) is 5.41 Å². The summed E-state index contributed by atoms with van der Waals surface area (Å²) in [5, 5.41) is 0. The fraction of sp³-hybridized carbons (Fsp3) is 0.654. The number of allylic oxidation sites excluding steroid dienone is 1. The van der Waals surface area contributed by atoms with Gasteiger partial charge in [-0.25, -0.2) is 0 Å². The van der Waals surface area contributed by atoms with Crippen LogP contribution in [-0.2, 0) is 4.79 Å². The maximum atomic E-state index is 13.4. The molecule has 1 aromatic rings. The van der Waals surface area contributed by atoms with Crippen molar-refractivity contribution in [2.75, 3.05) is 0 Å². The molecule has 0 spiro atoms. The van der Waals surface area contributed by atoms with Crippen LogP contribution in [0.3, 0.4) is 0 Å². The predicted octanol–water partition coefficient (Wildman–Crippen LogP) is 6.68. The first-order valence-corrected chi connectivity index (χ1v) is 11.3. The van der Waals surface area contributed by atoms with Gasteiger partial charge >= 0.3 is 0 Å². The molecule has 0 heterocycles. The van der Waals surface area contributed by atoms with Gasteiger partial charge < -0.3 is 0 Å². The summed E-state index contributed by atoms with van der Waals surface area (Å²) in [5.41, 5.74) is 2.74. The number of fused-ring (bicyclic) bond motifs is 5. The third kappa shape index (κ3) is 2.60. The van der Waals surface area contributed by atoms with Crippen LogP contribution < -0.4 is 0 Å². The van der Waals surface area contributed by atoms with Crippen molar-refractivity contribution < 1.29 is 4.79 Å². The summed E-state index contributed by atoms with van der Waals surface area (Å²) in [5.74, 6) is 3.63. The van der Waals surface area contributed by atoms with Gasteiger partial charge in [0.1, 0.15) is 0 Å². The molecule has 0 N–H and O–H groups in total. The molecule has 0 unspecified atom stereocenters. The molecular weight excluding hydrogens is 328 g/mol. The number of hydrogen-bond acceptors (Lipinski definition) is 1. The summed E-state index contributed by atoms with van der Waals surface area (Å²) in [7, 11) is 0. The minimum atomic E-state index is -0.0976. The predicted molar refractivity (Wildman–Crippen MR) is 111 cm³/mol. The van der Waals surface area contributed by atoms with Gasteiger partial charge in [-0.2, -0.15) is 0 Å². The molecule has 4 fully saturated rings. The lowest BCUT2D eigenvalue weighted by Gasteiger charge is -2.59. The number of carbonyl (C=O) groups is 1. The van der Waals surface area contributed by atoms with Gasteiger partial charge in [0.05, 0.1) is 0 Å². The molecule has 4 saturated carbocycles. The largest absolute Gasteiger partial charge is 0.294 e. The van der Waals surface area contributed by atoms with E-state index in [0.29, 0.717) is 17.1 Å². The molecular formula is C26H34O. The Morgan fingerprint density at radius 1 is 0.926 bits per heavy atom. The van der Waals surface area contributed by atoms with E-state index in [1.54, 1.807) is 0 Å². The highest BCUT2D eigenvalue weighted by atomic mass is 16.1. The Kier molecular flexibility index (Phi) is 4.15. The van der Waals surface area contributed by atoms with Gasteiger partial charge in [-0.05, 0) is 91.2 Å². The van der Waals surface area contributed by atoms with Crippen LogP contribution in [0.15, 0.2) is 35.9 Å². The zero-order valence-corrected chi connectivity index (χ0v) is 17.0. The zero-order valence-electron chi connectivity index (χ0n) is 17.0. The lowest BCUT2D eigenvalue weighted by Crippen LogP contribution is -2.52. The molecule has 27 heavy (non-hydrogen) atoms. The summed E-state index contributed by atoms with van der Waals surface area (Å²) >= 11 is 0. The minimum absolute atomic E-state index is 0.0976.